The van der Waals surface area contributed by atoms with Crippen LogP contribution in [-0.2, 0) is 4.79 Å². The summed E-state index contributed by atoms with van der Waals surface area (Å²) in [7, 11) is 0. The summed E-state index contributed by atoms with van der Waals surface area (Å²) in [4.78, 5) is 10.8. The van der Waals surface area contributed by atoms with Crippen molar-refractivity contribution in [3.63, 3.8) is 0 Å². The molecule has 0 bridgehead atoms. The van der Waals surface area contributed by atoms with E-state index in [1.807, 2.05) is 0 Å². The van der Waals surface area contributed by atoms with Crippen molar-refractivity contribution >= 4 is 16.9 Å². The fourth-order valence-electron chi connectivity index (χ4n) is 1.06. The van der Waals surface area contributed by atoms with Gasteiger partial charge in [0.05, 0.1) is 0 Å². The Morgan fingerprint density at radius 1 is 1.28 bits per heavy atom. The summed E-state index contributed by atoms with van der Waals surface area (Å²) in [6.45, 7) is -0.393. The third-order valence-electron chi connectivity index (χ3n) is 2.17. The molecular formula is C10H14F6OS. The fraction of sp³-hybridized carbons (Fsp3) is 0.900. The van der Waals surface area contributed by atoms with E-state index in [-0.39, 0.29) is 17.3 Å². The molecule has 3 atom stereocenters. The minimum Gasteiger partial charge on any atom is -0.287 e. The highest BCUT2D eigenvalue weighted by atomic mass is 32.2. The summed E-state index contributed by atoms with van der Waals surface area (Å²) in [5, 5.41) is -0.311. The maximum atomic E-state index is 13.1. The molecule has 0 radical (unpaired) electrons. The van der Waals surface area contributed by atoms with Crippen LogP contribution in [0.1, 0.15) is 19.8 Å². The molecule has 108 valence electrons. The first-order valence-electron chi connectivity index (χ1n) is 5.28. The van der Waals surface area contributed by atoms with E-state index in [4.69, 9.17) is 0 Å². The number of halogens is 6. The Balaban J connectivity index is 4.29. The average molecular weight is 296 g/mol. The Kier molecular flexibility index (Phi) is 7.73. The van der Waals surface area contributed by atoms with Gasteiger partial charge in [0.25, 0.3) is 0 Å². The molecular weight excluding hydrogens is 282 g/mol. The monoisotopic (exact) mass is 296 g/mol. The zero-order chi connectivity index (χ0) is 14.3. The number of thioether (sulfide) groups is 1. The number of rotatable bonds is 8. The Bertz CT molecular complexity index is 263. The van der Waals surface area contributed by atoms with Crippen molar-refractivity contribution < 1.29 is 31.1 Å². The van der Waals surface area contributed by atoms with E-state index in [9.17, 15) is 31.1 Å². The summed E-state index contributed by atoms with van der Waals surface area (Å²) in [6.07, 6.45) is -10.2. The van der Waals surface area contributed by atoms with E-state index < -0.39 is 37.5 Å². The Hall–Kier alpha value is -0.400. The van der Waals surface area contributed by atoms with Gasteiger partial charge in [-0.3, -0.25) is 4.79 Å². The highest BCUT2D eigenvalue weighted by Crippen LogP contribution is 2.33. The van der Waals surface area contributed by atoms with Gasteiger partial charge in [0, 0.05) is 12.2 Å². The molecule has 8 heteroatoms. The molecule has 18 heavy (non-hydrogen) atoms. The molecule has 0 aromatic rings. The molecule has 0 heterocycles. The van der Waals surface area contributed by atoms with Gasteiger partial charge in [0.2, 0.25) is 0 Å². The third kappa shape index (κ3) is 5.07. The van der Waals surface area contributed by atoms with Crippen LogP contribution >= 0.6 is 11.8 Å². The second-order valence-electron chi connectivity index (χ2n) is 3.58. The summed E-state index contributed by atoms with van der Waals surface area (Å²) in [5.41, 5.74) is 0. The zero-order valence-electron chi connectivity index (χ0n) is 9.64. The molecule has 0 aromatic heterocycles. The largest absolute Gasteiger partial charge is 0.312 e. The van der Waals surface area contributed by atoms with Crippen molar-refractivity contribution in [3.05, 3.63) is 0 Å². The van der Waals surface area contributed by atoms with Gasteiger partial charge in [0.1, 0.15) is 6.67 Å². The van der Waals surface area contributed by atoms with Crippen LogP contribution in [0.3, 0.4) is 0 Å². The smallest absolute Gasteiger partial charge is 0.287 e. The maximum absolute atomic E-state index is 13.1. The summed E-state index contributed by atoms with van der Waals surface area (Å²) in [6, 6.07) is 0. The standard InChI is InChI=1S/C10H14F6OS/c1-2-8(17)18-4-3-7(13)10(15,16)9(14)6(12)5-11/h6-7,9H,2-5H2,1H3. The van der Waals surface area contributed by atoms with E-state index in [1.54, 1.807) is 6.92 Å². The Morgan fingerprint density at radius 2 is 1.83 bits per heavy atom. The molecule has 1 nitrogen and oxygen atoms in total. The van der Waals surface area contributed by atoms with Gasteiger partial charge < -0.3 is 0 Å². The summed E-state index contributed by atoms with van der Waals surface area (Å²) < 4.78 is 76.0. The van der Waals surface area contributed by atoms with Crippen molar-refractivity contribution in [1.29, 1.82) is 0 Å². The molecule has 3 unspecified atom stereocenters. The van der Waals surface area contributed by atoms with Crippen molar-refractivity contribution in [3.8, 4) is 0 Å². The van der Waals surface area contributed by atoms with Gasteiger partial charge >= 0.3 is 5.92 Å². The van der Waals surface area contributed by atoms with Crippen LogP contribution in [0.25, 0.3) is 0 Å². The minimum atomic E-state index is -4.60. The predicted molar refractivity (Wildman–Crippen MR) is 58.0 cm³/mol. The SMILES string of the molecule is CCC(=O)SCCC(F)C(F)(F)C(F)C(F)CF. The van der Waals surface area contributed by atoms with E-state index in [0.29, 0.717) is 11.8 Å². The number of hydrogen-bond acceptors (Lipinski definition) is 2. The second-order valence-corrected chi connectivity index (χ2v) is 4.73. The lowest BCUT2D eigenvalue weighted by Gasteiger charge is -2.25. The number of alkyl halides is 6. The van der Waals surface area contributed by atoms with E-state index >= 15 is 0 Å². The van der Waals surface area contributed by atoms with Crippen LogP contribution < -0.4 is 0 Å². The Labute approximate surface area is 105 Å². The van der Waals surface area contributed by atoms with Gasteiger partial charge in [0.15, 0.2) is 23.6 Å². The maximum Gasteiger partial charge on any atom is 0.312 e. The first-order chi connectivity index (χ1) is 8.27. The van der Waals surface area contributed by atoms with Crippen molar-refractivity contribution in [1.82, 2.24) is 0 Å². The van der Waals surface area contributed by atoms with Crippen LogP contribution in [0.5, 0.6) is 0 Å². The van der Waals surface area contributed by atoms with Gasteiger partial charge in [-0.2, -0.15) is 0 Å². The van der Waals surface area contributed by atoms with Gasteiger partial charge in [-0.1, -0.05) is 18.7 Å². The highest BCUT2D eigenvalue weighted by molar-refractivity contribution is 8.13. The van der Waals surface area contributed by atoms with Crippen molar-refractivity contribution in [2.45, 2.75) is 44.2 Å². The first-order valence-corrected chi connectivity index (χ1v) is 6.27. The average Bonchev–Trinajstić information content (AvgIpc) is 2.36. The molecule has 0 aliphatic rings. The molecule has 0 saturated carbocycles. The lowest BCUT2D eigenvalue weighted by Crippen LogP contribution is -2.45. The quantitative estimate of drug-likeness (QED) is 0.636. The molecule has 0 N–H and O–H groups in total. The molecule has 0 aliphatic heterocycles. The van der Waals surface area contributed by atoms with E-state index in [0.717, 1.165) is 0 Å². The van der Waals surface area contributed by atoms with Gasteiger partial charge in [-0.15, -0.1) is 0 Å². The van der Waals surface area contributed by atoms with Crippen LogP contribution in [0.15, 0.2) is 0 Å². The fourth-order valence-corrected chi connectivity index (χ4v) is 1.82. The lowest BCUT2D eigenvalue weighted by atomic mass is 10.0. The topological polar surface area (TPSA) is 17.1 Å². The summed E-state index contributed by atoms with van der Waals surface area (Å²) >= 11 is 0.644. The van der Waals surface area contributed by atoms with Gasteiger partial charge in [-0.05, 0) is 6.42 Å². The van der Waals surface area contributed by atoms with Gasteiger partial charge in [-0.25, -0.2) is 26.3 Å². The van der Waals surface area contributed by atoms with Crippen LogP contribution in [0.4, 0.5) is 26.3 Å². The summed E-state index contributed by atoms with van der Waals surface area (Å²) in [5.74, 6) is -4.86. The predicted octanol–water partition coefficient (Wildman–Crippen LogP) is 3.67. The van der Waals surface area contributed by atoms with Crippen molar-refractivity contribution in [2.24, 2.45) is 0 Å². The first kappa shape index (κ1) is 17.6. The zero-order valence-corrected chi connectivity index (χ0v) is 10.5. The highest BCUT2D eigenvalue weighted by Gasteiger charge is 2.52. The number of carbonyl (C=O) groups excluding carboxylic acids is 1. The van der Waals surface area contributed by atoms with Crippen LogP contribution in [-0.4, -0.2) is 42.0 Å². The third-order valence-corrected chi connectivity index (χ3v) is 3.22. The Morgan fingerprint density at radius 3 is 2.28 bits per heavy atom. The molecule has 0 spiro atoms. The van der Waals surface area contributed by atoms with Crippen molar-refractivity contribution in [2.75, 3.05) is 12.4 Å². The second kappa shape index (κ2) is 7.91. The minimum absolute atomic E-state index is 0.165. The lowest BCUT2D eigenvalue weighted by molar-refractivity contribution is -0.148. The molecule has 0 aromatic carbocycles. The van der Waals surface area contributed by atoms with Crippen LogP contribution in [0.2, 0.25) is 0 Å². The molecule has 0 amide bonds. The molecule has 0 rings (SSSR count). The molecule has 0 fully saturated rings. The normalized spacial score (nSPS) is 17.3. The van der Waals surface area contributed by atoms with Crippen LogP contribution in [0, 0.1) is 0 Å². The van der Waals surface area contributed by atoms with E-state index in [2.05, 4.69) is 0 Å². The molecule has 0 aliphatic carbocycles. The number of carbonyl (C=O) groups is 1. The van der Waals surface area contributed by atoms with E-state index in [1.165, 1.54) is 0 Å². The number of hydrogen-bond donors (Lipinski definition) is 0. The molecule has 0 saturated heterocycles.